The van der Waals surface area contributed by atoms with Crippen molar-refractivity contribution in [1.82, 2.24) is 15.1 Å². The molecule has 1 amide bonds. The fourth-order valence-corrected chi connectivity index (χ4v) is 2.92. The number of aliphatic imine (C=N–C) groups is 1. The highest BCUT2D eigenvalue weighted by atomic mass is 16.5. The molecule has 0 aliphatic carbocycles. The highest BCUT2D eigenvalue weighted by Crippen LogP contribution is 2.20. The second kappa shape index (κ2) is 10.2. The average molecular weight is 376 g/mol. The predicted molar refractivity (Wildman–Crippen MR) is 111 cm³/mol. The predicted octanol–water partition coefficient (Wildman–Crippen LogP) is 1.11. The Morgan fingerprint density at radius 2 is 1.89 bits per heavy atom. The van der Waals surface area contributed by atoms with Crippen LogP contribution in [0.5, 0.6) is 0 Å². The first-order valence-electron chi connectivity index (χ1n) is 9.47. The summed E-state index contributed by atoms with van der Waals surface area (Å²) >= 11 is 0. The maximum atomic E-state index is 11.9. The van der Waals surface area contributed by atoms with Crippen LogP contribution in [0.3, 0.4) is 0 Å². The molecule has 1 heterocycles. The summed E-state index contributed by atoms with van der Waals surface area (Å²) in [5, 5.41) is 3.32. The van der Waals surface area contributed by atoms with Crippen LogP contribution in [0.15, 0.2) is 23.2 Å². The second-order valence-corrected chi connectivity index (χ2v) is 7.09. The first kappa shape index (κ1) is 21.0. The zero-order valence-corrected chi connectivity index (χ0v) is 17.3. The topological polar surface area (TPSA) is 60.4 Å². The van der Waals surface area contributed by atoms with E-state index in [4.69, 9.17) is 4.74 Å². The highest BCUT2D eigenvalue weighted by Gasteiger charge is 2.20. The third-order valence-corrected chi connectivity index (χ3v) is 4.89. The fraction of sp³-hybridized carbons (Fsp3) is 0.600. The molecule has 1 aromatic carbocycles. The molecule has 1 fully saturated rings. The summed E-state index contributed by atoms with van der Waals surface area (Å²) in [5.41, 5.74) is 3.91. The Bertz CT molecular complexity index is 652. The van der Waals surface area contributed by atoms with E-state index in [1.165, 1.54) is 16.8 Å². The summed E-state index contributed by atoms with van der Waals surface area (Å²) in [5.74, 6) is 0.775. The van der Waals surface area contributed by atoms with Gasteiger partial charge in [0.2, 0.25) is 5.91 Å². The van der Waals surface area contributed by atoms with E-state index in [-0.39, 0.29) is 12.5 Å². The summed E-state index contributed by atoms with van der Waals surface area (Å²) in [4.78, 5) is 22.6. The number of nitrogens with one attached hydrogen (secondary N) is 1. The maximum absolute atomic E-state index is 11.9. The number of rotatable bonds is 6. The van der Waals surface area contributed by atoms with Gasteiger partial charge in [-0.3, -0.25) is 4.79 Å². The largest absolute Gasteiger partial charge is 0.383 e. The number of amides is 1. The van der Waals surface area contributed by atoms with Crippen molar-refractivity contribution in [3.63, 3.8) is 0 Å². The van der Waals surface area contributed by atoms with Gasteiger partial charge in [-0.15, -0.1) is 0 Å². The first-order valence-corrected chi connectivity index (χ1v) is 9.47. The van der Waals surface area contributed by atoms with Crippen molar-refractivity contribution in [2.45, 2.75) is 13.8 Å². The summed E-state index contributed by atoms with van der Waals surface area (Å²) < 4.78 is 5.12. The van der Waals surface area contributed by atoms with Gasteiger partial charge in [-0.25, -0.2) is 4.99 Å². The molecule has 2 rings (SSSR count). The van der Waals surface area contributed by atoms with E-state index < -0.39 is 0 Å². The summed E-state index contributed by atoms with van der Waals surface area (Å²) in [6.45, 7) is 9.29. The molecule has 0 unspecified atom stereocenters. The van der Waals surface area contributed by atoms with E-state index in [1.807, 2.05) is 0 Å². The molecule has 7 nitrogen and oxygen atoms in total. The van der Waals surface area contributed by atoms with E-state index in [2.05, 4.69) is 52.2 Å². The van der Waals surface area contributed by atoms with E-state index in [9.17, 15) is 4.79 Å². The minimum atomic E-state index is -0.00481. The minimum Gasteiger partial charge on any atom is -0.383 e. The molecule has 0 radical (unpaired) electrons. The third kappa shape index (κ3) is 6.13. The van der Waals surface area contributed by atoms with Crippen LogP contribution in [0.2, 0.25) is 0 Å². The Morgan fingerprint density at radius 1 is 1.19 bits per heavy atom. The van der Waals surface area contributed by atoms with Gasteiger partial charge >= 0.3 is 0 Å². The van der Waals surface area contributed by atoms with Crippen molar-refractivity contribution in [2.75, 3.05) is 72.0 Å². The van der Waals surface area contributed by atoms with Gasteiger partial charge in [0.05, 0.1) is 6.61 Å². The van der Waals surface area contributed by atoms with Crippen LogP contribution in [0.4, 0.5) is 5.69 Å². The molecular weight excluding hydrogens is 342 g/mol. The number of carbonyl (C=O) groups excluding carboxylic acids is 1. The number of benzene rings is 1. The molecule has 0 atom stereocenters. The van der Waals surface area contributed by atoms with Crippen molar-refractivity contribution in [3.8, 4) is 0 Å². The van der Waals surface area contributed by atoms with Gasteiger partial charge in [0.25, 0.3) is 0 Å². The smallest absolute Gasteiger partial charge is 0.243 e. The van der Waals surface area contributed by atoms with Crippen LogP contribution in [0.25, 0.3) is 0 Å². The minimum absolute atomic E-state index is 0.00481. The van der Waals surface area contributed by atoms with Gasteiger partial charge in [-0.05, 0) is 37.1 Å². The number of methoxy groups -OCH3 is 1. The molecule has 1 N–H and O–H groups in total. The summed E-state index contributed by atoms with van der Waals surface area (Å²) in [6, 6.07) is 6.63. The lowest BCUT2D eigenvalue weighted by atomic mass is 10.1. The molecular formula is C20H33N5O2. The SMILES string of the molecule is COCCNC(=NCC(=O)N(C)C)N1CCN(c2ccc(C)c(C)c2)CC1. The Hall–Kier alpha value is -2.28. The Labute approximate surface area is 163 Å². The normalized spacial score (nSPS) is 15.1. The fourth-order valence-electron chi connectivity index (χ4n) is 2.92. The van der Waals surface area contributed by atoms with Crippen LogP contribution in [-0.2, 0) is 9.53 Å². The van der Waals surface area contributed by atoms with Gasteiger partial charge in [-0.2, -0.15) is 0 Å². The number of ether oxygens (including phenoxy) is 1. The van der Waals surface area contributed by atoms with E-state index in [1.54, 1.807) is 26.1 Å². The van der Waals surface area contributed by atoms with Crippen LogP contribution < -0.4 is 10.2 Å². The van der Waals surface area contributed by atoms with Crippen molar-refractivity contribution < 1.29 is 9.53 Å². The molecule has 150 valence electrons. The molecule has 1 aliphatic heterocycles. The number of guanidine groups is 1. The lowest BCUT2D eigenvalue weighted by molar-refractivity contribution is -0.127. The number of anilines is 1. The molecule has 1 aliphatic rings. The van der Waals surface area contributed by atoms with Gasteiger partial charge in [0, 0.05) is 59.6 Å². The van der Waals surface area contributed by atoms with Crippen molar-refractivity contribution in [2.24, 2.45) is 4.99 Å². The van der Waals surface area contributed by atoms with Crippen LogP contribution >= 0.6 is 0 Å². The first-order chi connectivity index (χ1) is 12.9. The van der Waals surface area contributed by atoms with E-state index in [0.717, 1.165) is 32.1 Å². The zero-order valence-electron chi connectivity index (χ0n) is 17.3. The van der Waals surface area contributed by atoms with E-state index >= 15 is 0 Å². The second-order valence-electron chi connectivity index (χ2n) is 7.09. The average Bonchev–Trinajstić information content (AvgIpc) is 2.66. The zero-order chi connectivity index (χ0) is 19.8. The monoisotopic (exact) mass is 375 g/mol. The Kier molecular flexibility index (Phi) is 7.91. The quantitative estimate of drug-likeness (QED) is 0.458. The van der Waals surface area contributed by atoms with Crippen LogP contribution in [-0.4, -0.2) is 88.7 Å². The van der Waals surface area contributed by atoms with Crippen molar-refractivity contribution in [1.29, 1.82) is 0 Å². The number of piperazine rings is 1. The van der Waals surface area contributed by atoms with Gasteiger partial charge in [0.1, 0.15) is 6.54 Å². The standard InChI is InChI=1S/C20H33N5O2/c1-16-6-7-18(14-17(16)2)24-9-11-25(12-10-24)20(21-8-13-27-5)22-15-19(26)23(3)4/h6-7,14H,8-13,15H2,1-5H3,(H,21,22). The highest BCUT2D eigenvalue weighted by molar-refractivity contribution is 5.85. The molecule has 0 aromatic heterocycles. The molecule has 0 spiro atoms. The van der Waals surface area contributed by atoms with Crippen LogP contribution in [0.1, 0.15) is 11.1 Å². The Morgan fingerprint density at radius 3 is 2.48 bits per heavy atom. The van der Waals surface area contributed by atoms with Crippen LogP contribution in [0, 0.1) is 13.8 Å². The summed E-state index contributed by atoms with van der Waals surface area (Å²) in [7, 11) is 5.17. The third-order valence-electron chi connectivity index (χ3n) is 4.89. The van der Waals surface area contributed by atoms with Crippen molar-refractivity contribution in [3.05, 3.63) is 29.3 Å². The maximum Gasteiger partial charge on any atom is 0.243 e. The van der Waals surface area contributed by atoms with Gasteiger partial charge in [0.15, 0.2) is 5.96 Å². The summed E-state index contributed by atoms with van der Waals surface area (Å²) in [6.07, 6.45) is 0. The Balaban J connectivity index is 1.99. The van der Waals surface area contributed by atoms with Crippen molar-refractivity contribution >= 4 is 17.6 Å². The number of nitrogens with zero attached hydrogens (tertiary/aromatic N) is 4. The molecule has 0 bridgehead atoms. The molecule has 1 aromatic rings. The molecule has 7 heteroatoms. The van der Waals surface area contributed by atoms with Gasteiger partial charge in [-0.1, -0.05) is 6.07 Å². The number of aryl methyl sites for hydroxylation is 2. The van der Waals surface area contributed by atoms with Gasteiger partial charge < -0.3 is 24.8 Å². The number of hydrogen-bond acceptors (Lipinski definition) is 4. The number of carbonyl (C=O) groups is 1. The lowest BCUT2D eigenvalue weighted by Crippen LogP contribution is -2.53. The molecule has 0 saturated carbocycles. The van der Waals surface area contributed by atoms with E-state index in [0.29, 0.717) is 13.2 Å². The molecule has 1 saturated heterocycles. The number of likely N-dealkylation sites (N-methyl/N-ethyl adjacent to an activating group) is 1. The number of hydrogen-bond donors (Lipinski definition) is 1. The molecule has 27 heavy (non-hydrogen) atoms. The lowest BCUT2D eigenvalue weighted by Gasteiger charge is -2.38.